The standard InChI is InChI=1S/C17H14N4O3/c1-21-9-18-16(20-21)11-2-4-12(5-3-11)17(22)19-13-6-7-14-15(8-13)24-10-23-14/h2-9H,10H2,1H3,(H,19,22). The largest absolute Gasteiger partial charge is 0.454 e. The molecule has 7 nitrogen and oxygen atoms in total. The van der Waals surface area contributed by atoms with Crippen LogP contribution in [0, 0.1) is 0 Å². The molecule has 0 saturated heterocycles. The third-order valence-electron chi connectivity index (χ3n) is 3.64. The molecule has 2 heterocycles. The highest BCUT2D eigenvalue weighted by molar-refractivity contribution is 6.04. The van der Waals surface area contributed by atoms with Crippen LogP contribution in [0.25, 0.3) is 11.4 Å². The number of fused-ring (bicyclic) bond motifs is 1. The smallest absolute Gasteiger partial charge is 0.255 e. The van der Waals surface area contributed by atoms with Crippen LogP contribution in [-0.4, -0.2) is 27.5 Å². The van der Waals surface area contributed by atoms with Crippen molar-refractivity contribution in [2.45, 2.75) is 0 Å². The number of anilines is 1. The maximum Gasteiger partial charge on any atom is 0.255 e. The van der Waals surface area contributed by atoms with E-state index in [1.54, 1.807) is 41.3 Å². The molecule has 1 aliphatic rings. The van der Waals surface area contributed by atoms with Gasteiger partial charge in [0, 0.05) is 29.9 Å². The molecule has 1 N–H and O–H groups in total. The quantitative estimate of drug-likeness (QED) is 0.801. The van der Waals surface area contributed by atoms with Gasteiger partial charge in [0.25, 0.3) is 5.91 Å². The Morgan fingerprint density at radius 3 is 2.67 bits per heavy atom. The van der Waals surface area contributed by atoms with Crippen LogP contribution in [0.2, 0.25) is 0 Å². The number of rotatable bonds is 3. The summed E-state index contributed by atoms with van der Waals surface area (Å²) in [5.74, 6) is 1.74. The summed E-state index contributed by atoms with van der Waals surface area (Å²) in [6.45, 7) is 0.204. The van der Waals surface area contributed by atoms with Gasteiger partial charge >= 0.3 is 0 Å². The van der Waals surface area contributed by atoms with Crippen molar-refractivity contribution in [3.05, 3.63) is 54.4 Å². The van der Waals surface area contributed by atoms with Crippen LogP contribution in [0.1, 0.15) is 10.4 Å². The molecular weight excluding hydrogens is 308 g/mol. The van der Waals surface area contributed by atoms with Crippen molar-refractivity contribution in [3.63, 3.8) is 0 Å². The summed E-state index contributed by atoms with van der Waals surface area (Å²) in [6.07, 6.45) is 1.63. The average molecular weight is 322 g/mol. The molecule has 0 atom stereocenters. The normalized spacial score (nSPS) is 12.2. The van der Waals surface area contributed by atoms with E-state index in [2.05, 4.69) is 15.4 Å². The molecule has 1 aliphatic heterocycles. The van der Waals surface area contributed by atoms with E-state index in [1.165, 1.54) is 0 Å². The lowest BCUT2D eigenvalue weighted by molar-refractivity contribution is 0.102. The van der Waals surface area contributed by atoms with Crippen LogP contribution in [0.3, 0.4) is 0 Å². The molecule has 24 heavy (non-hydrogen) atoms. The Hall–Kier alpha value is -3.35. The summed E-state index contributed by atoms with van der Waals surface area (Å²) in [6, 6.07) is 12.4. The summed E-state index contributed by atoms with van der Waals surface area (Å²) in [4.78, 5) is 16.5. The van der Waals surface area contributed by atoms with Crippen molar-refractivity contribution in [2.24, 2.45) is 7.05 Å². The lowest BCUT2D eigenvalue weighted by Crippen LogP contribution is -2.11. The maximum absolute atomic E-state index is 12.3. The molecule has 1 aromatic heterocycles. The molecule has 0 spiro atoms. The van der Waals surface area contributed by atoms with Crippen LogP contribution >= 0.6 is 0 Å². The first-order valence-corrected chi connectivity index (χ1v) is 7.36. The van der Waals surface area contributed by atoms with Gasteiger partial charge in [-0.1, -0.05) is 12.1 Å². The minimum Gasteiger partial charge on any atom is -0.454 e. The van der Waals surface area contributed by atoms with E-state index in [-0.39, 0.29) is 12.7 Å². The van der Waals surface area contributed by atoms with Gasteiger partial charge in [0.2, 0.25) is 6.79 Å². The molecule has 3 aromatic rings. The summed E-state index contributed by atoms with van der Waals surface area (Å²) < 4.78 is 12.2. The highest BCUT2D eigenvalue weighted by Crippen LogP contribution is 2.34. The van der Waals surface area contributed by atoms with Crippen molar-refractivity contribution in [1.82, 2.24) is 14.8 Å². The van der Waals surface area contributed by atoms with Gasteiger partial charge in [0.15, 0.2) is 17.3 Å². The number of nitrogens with one attached hydrogen (secondary N) is 1. The van der Waals surface area contributed by atoms with Gasteiger partial charge in [0.1, 0.15) is 6.33 Å². The van der Waals surface area contributed by atoms with E-state index < -0.39 is 0 Å². The molecule has 0 saturated carbocycles. The Morgan fingerprint density at radius 1 is 1.12 bits per heavy atom. The first kappa shape index (κ1) is 14.3. The number of ether oxygens (including phenoxy) is 2. The zero-order valence-electron chi connectivity index (χ0n) is 12.9. The molecule has 1 amide bonds. The van der Waals surface area contributed by atoms with Crippen molar-refractivity contribution in [3.8, 4) is 22.9 Å². The predicted octanol–water partition coefficient (Wildman–Crippen LogP) is 2.46. The highest BCUT2D eigenvalue weighted by Gasteiger charge is 2.15. The monoisotopic (exact) mass is 322 g/mol. The second-order valence-corrected chi connectivity index (χ2v) is 5.34. The molecule has 0 aliphatic carbocycles. The molecule has 0 unspecified atom stereocenters. The van der Waals surface area contributed by atoms with Crippen molar-refractivity contribution >= 4 is 11.6 Å². The Kier molecular flexibility index (Phi) is 3.38. The van der Waals surface area contributed by atoms with E-state index >= 15 is 0 Å². The second-order valence-electron chi connectivity index (χ2n) is 5.34. The Labute approximate surface area is 137 Å². The fourth-order valence-corrected chi connectivity index (χ4v) is 2.42. The van der Waals surface area contributed by atoms with Crippen molar-refractivity contribution in [2.75, 3.05) is 12.1 Å². The third-order valence-corrected chi connectivity index (χ3v) is 3.64. The number of hydrogen-bond acceptors (Lipinski definition) is 5. The number of carbonyl (C=O) groups excluding carboxylic acids is 1. The van der Waals surface area contributed by atoms with Gasteiger partial charge < -0.3 is 14.8 Å². The summed E-state index contributed by atoms with van der Waals surface area (Å²) in [5.41, 5.74) is 2.06. The van der Waals surface area contributed by atoms with E-state index in [0.29, 0.717) is 28.6 Å². The van der Waals surface area contributed by atoms with E-state index in [0.717, 1.165) is 5.56 Å². The number of benzene rings is 2. The topological polar surface area (TPSA) is 78.3 Å². The van der Waals surface area contributed by atoms with Gasteiger partial charge in [-0.25, -0.2) is 4.98 Å². The zero-order chi connectivity index (χ0) is 16.5. The number of carbonyl (C=O) groups is 1. The minimum atomic E-state index is -0.200. The molecular formula is C17H14N4O3. The van der Waals surface area contributed by atoms with E-state index in [4.69, 9.17) is 9.47 Å². The summed E-state index contributed by atoms with van der Waals surface area (Å²) in [5, 5.41) is 7.08. The first-order valence-electron chi connectivity index (χ1n) is 7.36. The van der Waals surface area contributed by atoms with E-state index in [1.807, 2.05) is 19.2 Å². The zero-order valence-corrected chi connectivity index (χ0v) is 12.9. The number of aryl methyl sites for hydroxylation is 1. The van der Waals surface area contributed by atoms with Gasteiger partial charge in [-0.15, -0.1) is 0 Å². The molecule has 2 aromatic carbocycles. The average Bonchev–Trinajstić information content (AvgIpc) is 3.23. The SMILES string of the molecule is Cn1cnc(-c2ccc(C(=O)Nc3ccc4c(c3)OCO4)cc2)n1. The maximum atomic E-state index is 12.3. The van der Waals surface area contributed by atoms with E-state index in [9.17, 15) is 4.79 Å². The first-order chi connectivity index (χ1) is 11.7. The summed E-state index contributed by atoms with van der Waals surface area (Å²) in [7, 11) is 1.81. The number of hydrogen-bond donors (Lipinski definition) is 1. The predicted molar refractivity (Wildman–Crippen MR) is 87.0 cm³/mol. The van der Waals surface area contributed by atoms with Crippen LogP contribution in [0.15, 0.2) is 48.8 Å². The molecule has 0 radical (unpaired) electrons. The molecule has 120 valence electrons. The number of nitrogens with zero attached hydrogens (tertiary/aromatic N) is 3. The fraction of sp³-hybridized carbons (Fsp3) is 0.118. The summed E-state index contributed by atoms with van der Waals surface area (Å²) >= 11 is 0. The van der Waals surface area contributed by atoms with Crippen LogP contribution in [0.4, 0.5) is 5.69 Å². The Morgan fingerprint density at radius 2 is 1.92 bits per heavy atom. The van der Waals surface area contributed by atoms with Crippen molar-refractivity contribution in [1.29, 1.82) is 0 Å². The highest BCUT2D eigenvalue weighted by atomic mass is 16.7. The van der Waals surface area contributed by atoms with Crippen LogP contribution < -0.4 is 14.8 Å². The van der Waals surface area contributed by atoms with Crippen molar-refractivity contribution < 1.29 is 14.3 Å². The third kappa shape index (κ3) is 2.67. The lowest BCUT2D eigenvalue weighted by Gasteiger charge is -2.06. The fourth-order valence-electron chi connectivity index (χ4n) is 2.42. The lowest BCUT2D eigenvalue weighted by atomic mass is 10.1. The van der Waals surface area contributed by atoms with Gasteiger partial charge in [-0.2, -0.15) is 5.10 Å². The Bertz CT molecular complexity index is 902. The van der Waals surface area contributed by atoms with Gasteiger partial charge in [-0.3, -0.25) is 9.48 Å². The second kappa shape index (κ2) is 5.69. The molecule has 0 fully saturated rings. The van der Waals surface area contributed by atoms with Gasteiger partial charge in [-0.05, 0) is 24.3 Å². The van der Waals surface area contributed by atoms with Crippen LogP contribution in [0.5, 0.6) is 11.5 Å². The number of aromatic nitrogens is 3. The molecule has 4 rings (SSSR count). The van der Waals surface area contributed by atoms with Gasteiger partial charge in [0.05, 0.1) is 0 Å². The Balaban J connectivity index is 1.50. The number of amides is 1. The van der Waals surface area contributed by atoms with Crippen LogP contribution in [-0.2, 0) is 7.05 Å². The molecule has 7 heteroatoms. The minimum absolute atomic E-state index is 0.200. The molecule has 0 bridgehead atoms.